The summed E-state index contributed by atoms with van der Waals surface area (Å²) < 4.78 is 6.28. The Kier molecular flexibility index (Phi) is 4.57. The van der Waals surface area contributed by atoms with Crippen LogP contribution in [0.4, 0.5) is 0 Å². The number of benzene rings is 2. The van der Waals surface area contributed by atoms with Crippen LogP contribution >= 0.6 is 38.9 Å². The second-order valence-electron chi connectivity index (χ2n) is 4.93. The first kappa shape index (κ1) is 15.6. The molecule has 22 heavy (non-hydrogen) atoms. The Bertz CT molecular complexity index is 791. The lowest BCUT2D eigenvalue weighted by Crippen LogP contribution is -1.82. The van der Waals surface area contributed by atoms with Crippen LogP contribution in [-0.4, -0.2) is 7.11 Å². The molecule has 0 unspecified atom stereocenters. The molecular formula is C18H14BrClOS. The molecule has 1 heterocycles. The van der Waals surface area contributed by atoms with Gasteiger partial charge in [-0.15, -0.1) is 11.3 Å². The fourth-order valence-corrected chi connectivity index (χ4v) is 4.15. The minimum absolute atomic E-state index is 0.832. The van der Waals surface area contributed by atoms with Gasteiger partial charge in [0.25, 0.3) is 0 Å². The van der Waals surface area contributed by atoms with Crippen molar-refractivity contribution in [2.45, 2.75) is 6.92 Å². The molecule has 0 saturated carbocycles. The molecular weight excluding hydrogens is 380 g/mol. The molecule has 0 aliphatic carbocycles. The van der Waals surface area contributed by atoms with E-state index in [9.17, 15) is 0 Å². The van der Waals surface area contributed by atoms with Gasteiger partial charge in [-0.3, -0.25) is 0 Å². The van der Waals surface area contributed by atoms with Gasteiger partial charge in [0.1, 0.15) is 5.75 Å². The van der Waals surface area contributed by atoms with Crippen LogP contribution in [0.3, 0.4) is 0 Å². The third kappa shape index (κ3) is 2.94. The first-order chi connectivity index (χ1) is 10.6. The zero-order chi connectivity index (χ0) is 15.7. The normalized spacial score (nSPS) is 10.7. The van der Waals surface area contributed by atoms with Gasteiger partial charge in [0.15, 0.2) is 0 Å². The summed E-state index contributed by atoms with van der Waals surface area (Å²) in [5.41, 5.74) is 3.42. The van der Waals surface area contributed by atoms with E-state index in [1.807, 2.05) is 24.3 Å². The highest BCUT2D eigenvalue weighted by atomic mass is 79.9. The molecule has 0 aliphatic heterocycles. The maximum absolute atomic E-state index is 6.57. The van der Waals surface area contributed by atoms with Crippen LogP contribution in [0.5, 0.6) is 5.75 Å². The van der Waals surface area contributed by atoms with E-state index in [0.29, 0.717) is 0 Å². The fourth-order valence-electron chi connectivity index (χ4n) is 2.30. The summed E-state index contributed by atoms with van der Waals surface area (Å²) in [6, 6.07) is 16.3. The van der Waals surface area contributed by atoms with Crippen molar-refractivity contribution in [3.63, 3.8) is 0 Å². The highest BCUT2D eigenvalue weighted by Crippen LogP contribution is 2.45. The summed E-state index contributed by atoms with van der Waals surface area (Å²) in [6.07, 6.45) is 0. The average molecular weight is 394 g/mol. The molecule has 1 nitrogen and oxygen atoms in total. The lowest BCUT2D eigenvalue weighted by Gasteiger charge is -2.02. The van der Waals surface area contributed by atoms with E-state index in [4.69, 9.17) is 16.3 Å². The molecule has 0 fully saturated rings. The summed E-state index contributed by atoms with van der Waals surface area (Å²) in [5, 5.41) is 0.832. The van der Waals surface area contributed by atoms with E-state index in [1.54, 1.807) is 18.4 Å². The van der Waals surface area contributed by atoms with E-state index in [1.165, 1.54) is 4.88 Å². The lowest BCUT2D eigenvalue weighted by atomic mass is 10.1. The molecule has 0 atom stereocenters. The molecule has 3 aromatic rings. The smallest absolute Gasteiger partial charge is 0.118 e. The Morgan fingerprint density at radius 3 is 2.05 bits per heavy atom. The number of hydrogen-bond acceptors (Lipinski definition) is 2. The molecule has 0 aliphatic rings. The van der Waals surface area contributed by atoms with Crippen molar-refractivity contribution >= 4 is 38.9 Å². The minimum Gasteiger partial charge on any atom is -0.497 e. The second-order valence-corrected chi connectivity index (χ2v) is 7.25. The fraction of sp³-hybridized carbons (Fsp3) is 0.111. The maximum Gasteiger partial charge on any atom is 0.118 e. The van der Waals surface area contributed by atoms with Gasteiger partial charge in [0.2, 0.25) is 0 Å². The van der Waals surface area contributed by atoms with Crippen molar-refractivity contribution in [3.8, 4) is 26.6 Å². The number of hydrogen-bond donors (Lipinski definition) is 0. The van der Waals surface area contributed by atoms with Crippen molar-refractivity contribution in [1.29, 1.82) is 0 Å². The van der Waals surface area contributed by atoms with Crippen LogP contribution in [0.25, 0.3) is 20.9 Å². The summed E-state index contributed by atoms with van der Waals surface area (Å²) in [5.74, 6) is 0.859. The maximum atomic E-state index is 6.57. The van der Waals surface area contributed by atoms with Gasteiger partial charge >= 0.3 is 0 Å². The Balaban J connectivity index is 2.06. The Morgan fingerprint density at radius 2 is 1.45 bits per heavy atom. The van der Waals surface area contributed by atoms with Gasteiger partial charge in [-0.05, 0) is 60.0 Å². The Hall–Kier alpha value is -1.29. The van der Waals surface area contributed by atoms with Gasteiger partial charge < -0.3 is 4.74 Å². The van der Waals surface area contributed by atoms with Gasteiger partial charge in [0, 0.05) is 9.35 Å². The summed E-state index contributed by atoms with van der Waals surface area (Å²) in [4.78, 5) is 2.31. The number of thiophene rings is 1. The third-order valence-electron chi connectivity index (χ3n) is 3.53. The molecule has 1 aromatic heterocycles. The largest absolute Gasteiger partial charge is 0.497 e. The first-order valence-corrected chi connectivity index (χ1v) is 8.78. The first-order valence-electron chi connectivity index (χ1n) is 6.79. The standard InChI is InChI=1S/C18H14BrClOS/c1-11-16(20)18(13-3-7-14(19)8-4-13)22-17(11)12-5-9-15(21-2)10-6-12/h3-10H,1-2H3. The summed E-state index contributed by atoms with van der Waals surface area (Å²) >= 11 is 11.8. The second kappa shape index (κ2) is 6.45. The van der Waals surface area contributed by atoms with E-state index in [2.05, 4.69) is 47.1 Å². The van der Waals surface area contributed by atoms with Crippen LogP contribution in [0.1, 0.15) is 5.56 Å². The number of halogens is 2. The van der Waals surface area contributed by atoms with E-state index in [-0.39, 0.29) is 0 Å². The zero-order valence-corrected chi connectivity index (χ0v) is 15.3. The summed E-state index contributed by atoms with van der Waals surface area (Å²) in [7, 11) is 1.67. The van der Waals surface area contributed by atoms with Crippen molar-refractivity contribution in [1.82, 2.24) is 0 Å². The monoisotopic (exact) mass is 392 g/mol. The van der Waals surface area contributed by atoms with Crippen LogP contribution in [0.2, 0.25) is 5.02 Å². The van der Waals surface area contributed by atoms with Crippen LogP contribution in [-0.2, 0) is 0 Å². The molecule has 0 saturated heterocycles. The molecule has 2 aromatic carbocycles. The Labute approximate surface area is 147 Å². The van der Waals surface area contributed by atoms with Crippen LogP contribution in [0.15, 0.2) is 53.0 Å². The topological polar surface area (TPSA) is 9.23 Å². The molecule has 0 bridgehead atoms. The SMILES string of the molecule is COc1ccc(-c2sc(-c3ccc(Br)cc3)c(Cl)c2C)cc1. The zero-order valence-electron chi connectivity index (χ0n) is 12.2. The quantitative estimate of drug-likeness (QED) is 0.474. The van der Waals surface area contributed by atoms with E-state index in [0.717, 1.165) is 36.8 Å². The van der Waals surface area contributed by atoms with E-state index >= 15 is 0 Å². The number of rotatable bonds is 3. The van der Waals surface area contributed by atoms with Gasteiger partial charge in [-0.25, -0.2) is 0 Å². The van der Waals surface area contributed by atoms with Crippen LogP contribution < -0.4 is 4.74 Å². The van der Waals surface area contributed by atoms with Crippen molar-refractivity contribution in [3.05, 3.63) is 63.6 Å². The van der Waals surface area contributed by atoms with Gasteiger partial charge in [-0.2, -0.15) is 0 Å². The molecule has 0 N–H and O–H groups in total. The van der Waals surface area contributed by atoms with Crippen molar-refractivity contribution < 1.29 is 4.74 Å². The van der Waals surface area contributed by atoms with Gasteiger partial charge in [-0.1, -0.05) is 39.7 Å². The number of methoxy groups -OCH3 is 1. The highest BCUT2D eigenvalue weighted by Gasteiger charge is 2.16. The Morgan fingerprint density at radius 1 is 0.909 bits per heavy atom. The lowest BCUT2D eigenvalue weighted by molar-refractivity contribution is 0.415. The molecule has 0 amide bonds. The van der Waals surface area contributed by atoms with Crippen molar-refractivity contribution in [2.24, 2.45) is 0 Å². The number of ether oxygens (including phenoxy) is 1. The predicted molar refractivity (Wildman–Crippen MR) is 99.2 cm³/mol. The van der Waals surface area contributed by atoms with Gasteiger partial charge in [0.05, 0.1) is 17.0 Å². The molecule has 112 valence electrons. The molecule has 4 heteroatoms. The van der Waals surface area contributed by atoms with Crippen LogP contribution in [0, 0.1) is 6.92 Å². The van der Waals surface area contributed by atoms with Crippen molar-refractivity contribution in [2.75, 3.05) is 7.11 Å². The average Bonchev–Trinajstić information content (AvgIpc) is 2.84. The minimum atomic E-state index is 0.832. The van der Waals surface area contributed by atoms with E-state index < -0.39 is 0 Å². The summed E-state index contributed by atoms with van der Waals surface area (Å²) in [6.45, 7) is 2.07. The molecule has 0 spiro atoms. The predicted octanol–water partition coefficient (Wildman–Crippen LogP) is 6.82. The molecule has 3 rings (SSSR count). The highest BCUT2D eigenvalue weighted by molar-refractivity contribution is 9.10. The third-order valence-corrected chi connectivity index (χ3v) is 6.04. The molecule has 0 radical (unpaired) electrons.